The quantitative estimate of drug-likeness (QED) is 0.155. The van der Waals surface area contributed by atoms with E-state index in [1.165, 1.54) is 117 Å². The molecule has 0 fully saturated rings. The molecule has 7 heterocycles. The molecule has 0 radical (unpaired) electrons. The van der Waals surface area contributed by atoms with Crippen molar-refractivity contribution < 1.29 is 0 Å². The van der Waals surface area contributed by atoms with Crippen LogP contribution in [0, 0.1) is 0 Å². The Balaban J connectivity index is 0.000000136. The van der Waals surface area contributed by atoms with E-state index in [-0.39, 0.29) is 0 Å². The molecule has 0 aliphatic rings. The highest BCUT2D eigenvalue weighted by atomic mass is 32.1. The van der Waals surface area contributed by atoms with Crippen LogP contribution in [0.25, 0.3) is 184 Å². The summed E-state index contributed by atoms with van der Waals surface area (Å²) in [6.45, 7) is 0. The second kappa shape index (κ2) is 20.9. The van der Waals surface area contributed by atoms with Gasteiger partial charge in [0, 0.05) is 114 Å². The Hall–Kier alpha value is -11.8. The summed E-state index contributed by atoms with van der Waals surface area (Å²) in [5, 5.41) is 18.5. The zero-order chi connectivity index (χ0) is 60.4. The standard InChI is InChI=1S/C46H27N5S.C37H22N2S/c1-3-11-28(12-4-1)44-48-45(29-13-5-2-6-14-29)50-46(49-44)51-40-17-9-7-15-33(40)37-23-30(19-20-41(37)51)35-24-31-25-38-34-16-8-10-18-42(34)52-43(38)26-36(31)39-27-47-22-21-32(35)39;1-2-9-25(10-3-1)39-33-14-6-4-11-26(33)31-19-23(16-17-34(31)39)30-20-24-21-32-27-12-5-7-15-35(27)40-36(32)22-29(24)28-13-8-18-38-37(28)30/h1-27H;1-22H. The zero-order valence-electron chi connectivity index (χ0n) is 49.2. The number of para-hydroxylation sites is 3. The summed E-state index contributed by atoms with van der Waals surface area (Å²) in [5.74, 6) is 1.85. The summed E-state index contributed by atoms with van der Waals surface area (Å²) in [4.78, 5) is 24.7. The number of pyridine rings is 2. The minimum absolute atomic E-state index is 0.584. The van der Waals surface area contributed by atoms with Crippen molar-refractivity contribution in [3.05, 3.63) is 298 Å². The normalized spacial score (nSPS) is 11.9. The molecule has 9 heteroatoms. The van der Waals surface area contributed by atoms with Gasteiger partial charge in [-0.2, -0.15) is 9.97 Å². The first-order valence-electron chi connectivity index (χ1n) is 30.8. The second-order valence-corrected chi connectivity index (χ2v) is 25.7. The van der Waals surface area contributed by atoms with E-state index in [1.807, 2.05) is 102 Å². The molecule has 0 aliphatic carbocycles. The molecule has 0 aliphatic heterocycles. The van der Waals surface area contributed by atoms with E-state index in [1.54, 1.807) is 0 Å². The van der Waals surface area contributed by atoms with Gasteiger partial charge >= 0.3 is 0 Å². The van der Waals surface area contributed by atoms with E-state index >= 15 is 0 Å². The van der Waals surface area contributed by atoms with Gasteiger partial charge in [-0.1, -0.05) is 170 Å². The van der Waals surface area contributed by atoms with Crippen molar-refractivity contribution in [1.82, 2.24) is 34.1 Å². The van der Waals surface area contributed by atoms with Gasteiger partial charge in [0.25, 0.3) is 0 Å². The molecule has 92 heavy (non-hydrogen) atoms. The minimum Gasteiger partial charge on any atom is -0.309 e. The molecule has 0 saturated carbocycles. The van der Waals surface area contributed by atoms with Gasteiger partial charge in [0.1, 0.15) is 0 Å². The first-order chi connectivity index (χ1) is 45.6. The molecule has 0 spiro atoms. The molecule has 13 aromatic carbocycles. The Kier molecular flexibility index (Phi) is 11.9. The summed E-state index contributed by atoms with van der Waals surface area (Å²) in [7, 11) is 0. The monoisotopic (exact) mass is 1210 g/mol. The lowest BCUT2D eigenvalue weighted by Gasteiger charge is -2.12. The van der Waals surface area contributed by atoms with Crippen molar-refractivity contribution in [3.8, 4) is 56.7 Å². The van der Waals surface area contributed by atoms with Crippen LogP contribution in [0.3, 0.4) is 0 Å². The Labute approximate surface area is 534 Å². The minimum atomic E-state index is 0.584. The van der Waals surface area contributed by atoms with Crippen molar-refractivity contribution in [2.75, 3.05) is 0 Å². The molecule has 20 rings (SSSR count). The van der Waals surface area contributed by atoms with Gasteiger partial charge in [0.05, 0.1) is 27.6 Å². The predicted molar refractivity (Wildman–Crippen MR) is 388 cm³/mol. The molecule has 0 unspecified atom stereocenters. The summed E-state index contributed by atoms with van der Waals surface area (Å²) >= 11 is 3.72. The lowest BCUT2D eigenvalue weighted by atomic mass is 9.93. The predicted octanol–water partition coefficient (Wildman–Crippen LogP) is 22.6. The van der Waals surface area contributed by atoms with Crippen molar-refractivity contribution in [3.63, 3.8) is 0 Å². The Morgan fingerprint density at radius 1 is 0.272 bits per heavy atom. The van der Waals surface area contributed by atoms with Gasteiger partial charge in [-0.3, -0.25) is 14.5 Å². The summed E-state index contributed by atoms with van der Waals surface area (Å²) < 4.78 is 9.80. The molecular weight excluding hydrogens is 1160 g/mol. The second-order valence-electron chi connectivity index (χ2n) is 23.5. The van der Waals surface area contributed by atoms with Crippen LogP contribution in [-0.4, -0.2) is 34.1 Å². The van der Waals surface area contributed by atoms with E-state index in [2.05, 4.69) is 233 Å². The van der Waals surface area contributed by atoms with Crippen LogP contribution < -0.4 is 0 Å². The lowest BCUT2D eigenvalue weighted by Crippen LogP contribution is -2.06. The van der Waals surface area contributed by atoms with E-state index in [4.69, 9.17) is 19.9 Å². The average molecular weight is 1210 g/mol. The Morgan fingerprint density at radius 3 is 1.38 bits per heavy atom. The average Bonchev–Trinajstić information content (AvgIpc) is 1.45. The SMILES string of the molecule is c1ccc(-c2nc(-c3ccccc3)nc(-n3c4ccccc4c4cc(-c5cc6cc7c(cc6c6cnccc56)sc5ccccc57)ccc43)n2)cc1.c1ccc(-n2c3ccccc3c3cc(-c4cc5cc6c(cc5c5cccnc45)sc4ccccc46)ccc32)cc1. The van der Waals surface area contributed by atoms with Gasteiger partial charge < -0.3 is 4.57 Å². The van der Waals surface area contributed by atoms with Gasteiger partial charge in [-0.05, 0) is 153 Å². The molecule has 428 valence electrons. The molecule has 7 aromatic heterocycles. The van der Waals surface area contributed by atoms with E-state index in [9.17, 15) is 0 Å². The number of nitrogens with zero attached hydrogens (tertiary/aromatic N) is 7. The number of rotatable bonds is 6. The molecule has 0 bridgehead atoms. The van der Waals surface area contributed by atoms with Crippen LogP contribution in [0.2, 0.25) is 0 Å². The zero-order valence-corrected chi connectivity index (χ0v) is 50.9. The third-order valence-electron chi connectivity index (χ3n) is 18.3. The summed E-state index contributed by atoms with van der Waals surface area (Å²) in [6, 6.07) is 99.7. The number of benzene rings is 13. The van der Waals surface area contributed by atoms with Crippen LogP contribution >= 0.6 is 22.7 Å². The van der Waals surface area contributed by atoms with Crippen molar-refractivity contribution in [1.29, 1.82) is 0 Å². The number of thiophene rings is 2. The molecule has 0 saturated heterocycles. The fourth-order valence-electron chi connectivity index (χ4n) is 14.1. The lowest BCUT2D eigenvalue weighted by molar-refractivity contribution is 0.953. The molecule has 7 nitrogen and oxygen atoms in total. The first kappa shape index (κ1) is 52.2. The van der Waals surface area contributed by atoms with Crippen LogP contribution in [0.1, 0.15) is 0 Å². The highest BCUT2D eigenvalue weighted by molar-refractivity contribution is 7.26. The fourth-order valence-corrected chi connectivity index (χ4v) is 16.4. The van der Waals surface area contributed by atoms with Crippen LogP contribution in [-0.2, 0) is 0 Å². The van der Waals surface area contributed by atoms with E-state index in [0.717, 1.165) is 49.4 Å². The fraction of sp³-hybridized carbons (Fsp3) is 0. The maximum Gasteiger partial charge on any atom is 0.238 e. The number of fused-ring (bicyclic) bond motifs is 18. The van der Waals surface area contributed by atoms with Crippen molar-refractivity contribution in [2.45, 2.75) is 0 Å². The third kappa shape index (κ3) is 8.37. The maximum atomic E-state index is 5.10. The Bertz CT molecular complexity index is 6330. The van der Waals surface area contributed by atoms with E-state index in [0.29, 0.717) is 17.6 Å². The van der Waals surface area contributed by atoms with Crippen molar-refractivity contribution in [2.24, 2.45) is 0 Å². The van der Waals surface area contributed by atoms with Crippen LogP contribution in [0.15, 0.2) is 298 Å². The summed E-state index contributed by atoms with van der Waals surface area (Å²) in [5.41, 5.74) is 13.3. The van der Waals surface area contributed by atoms with Crippen LogP contribution in [0.5, 0.6) is 0 Å². The summed E-state index contributed by atoms with van der Waals surface area (Å²) in [6.07, 6.45) is 5.82. The highest BCUT2D eigenvalue weighted by Crippen LogP contribution is 2.45. The third-order valence-corrected chi connectivity index (χ3v) is 20.6. The topological polar surface area (TPSA) is 74.3 Å². The molecule has 20 aromatic rings. The number of hydrogen-bond acceptors (Lipinski definition) is 7. The molecule has 0 N–H and O–H groups in total. The van der Waals surface area contributed by atoms with Gasteiger partial charge in [0.15, 0.2) is 11.6 Å². The van der Waals surface area contributed by atoms with Gasteiger partial charge in [0.2, 0.25) is 5.95 Å². The first-order valence-corrected chi connectivity index (χ1v) is 32.5. The Morgan fingerprint density at radius 2 is 0.761 bits per heavy atom. The highest BCUT2D eigenvalue weighted by Gasteiger charge is 2.22. The largest absolute Gasteiger partial charge is 0.309 e. The van der Waals surface area contributed by atoms with Gasteiger partial charge in [-0.15, -0.1) is 22.7 Å². The maximum absolute atomic E-state index is 5.10. The number of aromatic nitrogens is 7. The smallest absolute Gasteiger partial charge is 0.238 e. The molecule has 0 amide bonds. The van der Waals surface area contributed by atoms with Crippen molar-refractivity contribution >= 4 is 150 Å². The molecule has 0 atom stereocenters. The molecular formula is C83H49N7S2. The van der Waals surface area contributed by atoms with E-state index < -0.39 is 0 Å². The van der Waals surface area contributed by atoms with Crippen LogP contribution in [0.4, 0.5) is 0 Å². The number of hydrogen-bond donors (Lipinski definition) is 0. The van der Waals surface area contributed by atoms with Gasteiger partial charge in [-0.25, -0.2) is 4.98 Å².